The molecule has 1 heteroatoms. The van der Waals surface area contributed by atoms with Gasteiger partial charge in [0.2, 0.25) is 0 Å². The van der Waals surface area contributed by atoms with Crippen molar-refractivity contribution in [2.45, 2.75) is 45.4 Å². The molecule has 1 aromatic rings. The van der Waals surface area contributed by atoms with Crippen LogP contribution in [0.4, 0.5) is 0 Å². The van der Waals surface area contributed by atoms with Crippen LogP contribution in [0.15, 0.2) is 30.3 Å². The highest BCUT2D eigenvalue weighted by atomic mass is 14.6. The standard InChI is InChI=1S/C16H25N/c1-14-9-11-16(12-14,13-17)10-5-8-15-6-3-2-4-7-15/h2-4,6-7,14H,5,8-13,17H2,1H3. The van der Waals surface area contributed by atoms with Crippen molar-refractivity contribution < 1.29 is 0 Å². The fourth-order valence-corrected chi connectivity index (χ4v) is 3.32. The van der Waals surface area contributed by atoms with E-state index in [2.05, 4.69) is 37.3 Å². The first kappa shape index (κ1) is 12.6. The lowest BCUT2D eigenvalue weighted by atomic mass is 9.80. The minimum atomic E-state index is 0.466. The molecule has 0 bridgehead atoms. The third-order valence-corrected chi connectivity index (χ3v) is 4.40. The Labute approximate surface area is 105 Å². The first-order valence-corrected chi connectivity index (χ1v) is 6.98. The van der Waals surface area contributed by atoms with Crippen molar-refractivity contribution >= 4 is 0 Å². The molecular weight excluding hydrogens is 206 g/mol. The van der Waals surface area contributed by atoms with E-state index in [4.69, 9.17) is 5.73 Å². The lowest BCUT2D eigenvalue weighted by molar-refractivity contribution is 0.266. The molecular formula is C16H25N. The maximum Gasteiger partial charge on any atom is -0.00204 e. The van der Waals surface area contributed by atoms with Gasteiger partial charge in [-0.2, -0.15) is 0 Å². The van der Waals surface area contributed by atoms with Crippen LogP contribution < -0.4 is 5.73 Å². The molecule has 17 heavy (non-hydrogen) atoms. The van der Waals surface area contributed by atoms with Gasteiger partial charge in [0.05, 0.1) is 0 Å². The molecule has 0 aromatic heterocycles. The summed E-state index contributed by atoms with van der Waals surface area (Å²) in [7, 11) is 0. The van der Waals surface area contributed by atoms with Gasteiger partial charge in [0.15, 0.2) is 0 Å². The molecule has 0 heterocycles. The third-order valence-electron chi connectivity index (χ3n) is 4.40. The van der Waals surface area contributed by atoms with Crippen molar-refractivity contribution in [2.75, 3.05) is 6.54 Å². The minimum absolute atomic E-state index is 0.466. The Morgan fingerprint density at radius 3 is 2.65 bits per heavy atom. The molecule has 1 aliphatic carbocycles. The van der Waals surface area contributed by atoms with Crippen molar-refractivity contribution in [1.29, 1.82) is 0 Å². The predicted molar refractivity (Wildman–Crippen MR) is 73.9 cm³/mol. The van der Waals surface area contributed by atoms with E-state index >= 15 is 0 Å². The van der Waals surface area contributed by atoms with Gasteiger partial charge in [0, 0.05) is 0 Å². The van der Waals surface area contributed by atoms with Crippen molar-refractivity contribution in [1.82, 2.24) is 0 Å². The van der Waals surface area contributed by atoms with E-state index in [1.165, 1.54) is 44.1 Å². The maximum atomic E-state index is 6.01. The van der Waals surface area contributed by atoms with Crippen LogP contribution in [0.25, 0.3) is 0 Å². The Kier molecular flexibility index (Phi) is 4.22. The molecule has 2 N–H and O–H groups in total. The smallest absolute Gasteiger partial charge is 0.00204 e. The normalized spacial score (nSPS) is 28.5. The van der Waals surface area contributed by atoms with Gasteiger partial charge < -0.3 is 5.73 Å². The van der Waals surface area contributed by atoms with Gasteiger partial charge >= 0.3 is 0 Å². The summed E-state index contributed by atoms with van der Waals surface area (Å²) in [5, 5.41) is 0. The van der Waals surface area contributed by atoms with Gasteiger partial charge in [-0.3, -0.25) is 0 Å². The fourth-order valence-electron chi connectivity index (χ4n) is 3.32. The first-order chi connectivity index (χ1) is 8.24. The first-order valence-electron chi connectivity index (χ1n) is 6.98. The molecule has 0 aliphatic heterocycles. The zero-order valence-corrected chi connectivity index (χ0v) is 11.0. The zero-order chi connectivity index (χ0) is 12.1. The van der Waals surface area contributed by atoms with Crippen LogP contribution in [0.2, 0.25) is 0 Å². The number of hydrogen-bond donors (Lipinski definition) is 1. The molecule has 2 atom stereocenters. The SMILES string of the molecule is CC1CCC(CN)(CCCc2ccccc2)C1. The topological polar surface area (TPSA) is 26.0 Å². The van der Waals surface area contributed by atoms with Gasteiger partial charge in [-0.25, -0.2) is 0 Å². The van der Waals surface area contributed by atoms with E-state index in [0.717, 1.165) is 12.5 Å². The Hall–Kier alpha value is -0.820. The summed E-state index contributed by atoms with van der Waals surface area (Å²) in [5.74, 6) is 0.885. The Balaban J connectivity index is 1.81. The molecule has 1 nitrogen and oxygen atoms in total. The van der Waals surface area contributed by atoms with E-state index in [-0.39, 0.29) is 0 Å². The average molecular weight is 231 g/mol. The molecule has 0 radical (unpaired) electrons. The highest BCUT2D eigenvalue weighted by Gasteiger charge is 2.35. The quantitative estimate of drug-likeness (QED) is 0.820. The van der Waals surface area contributed by atoms with Gasteiger partial charge in [-0.15, -0.1) is 0 Å². The third kappa shape index (κ3) is 3.32. The Bertz CT molecular complexity index is 333. The van der Waals surface area contributed by atoms with E-state index in [0.29, 0.717) is 5.41 Å². The number of hydrogen-bond acceptors (Lipinski definition) is 1. The van der Waals surface area contributed by atoms with Crippen LogP contribution in [0.5, 0.6) is 0 Å². The van der Waals surface area contributed by atoms with Crippen molar-refractivity contribution in [3.05, 3.63) is 35.9 Å². The summed E-state index contributed by atoms with van der Waals surface area (Å²) >= 11 is 0. The molecule has 1 aromatic carbocycles. The molecule has 2 rings (SSSR count). The molecule has 1 fully saturated rings. The second-order valence-corrected chi connectivity index (χ2v) is 5.89. The average Bonchev–Trinajstić information content (AvgIpc) is 2.73. The van der Waals surface area contributed by atoms with Crippen LogP contribution in [0.1, 0.15) is 44.6 Å². The molecule has 0 spiro atoms. The van der Waals surface area contributed by atoms with Crippen LogP contribution >= 0.6 is 0 Å². The lowest BCUT2D eigenvalue weighted by Gasteiger charge is -2.27. The summed E-state index contributed by atoms with van der Waals surface area (Å²) in [6.45, 7) is 3.25. The predicted octanol–water partition coefficient (Wildman–Crippen LogP) is 3.77. The summed E-state index contributed by atoms with van der Waals surface area (Å²) in [6, 6.07) is 10.8. The van der Waals surface area contributed by atoms with E-state index in [1.807, 2.05) is 0 Å². The van der Waals surface area contributed by atoms with Crippen LogP contribution in [0, 0.1) is 11.3 Å². The second-order valence-electron chi connectivity index (χ2n) is 5.89. The Morgan fingerprint density at radius 2 is 2.06 bits per heavy atom. The summed E-state index contributed by atoms with van der Waals surface area (Å²) < 4.78 is 0. The molecule has 2 unspecified atom stereocenters. The number of nitrogens with two attached hydrogens (primary N) is 1. The maximum absolute atomic E-state index is 6.01. The highest BCUT2D eigenvalue weighted by Crippen LogP contribution is 2.44. The van der Waals surface area contributed by atoms with Gasteiger partial charge in [-0.05, 0) is 55.5 Å². The van der Waals surface area contributed by atoms with E-state index in [9.17, 15) is 0 Å². The van der Waals surface area contributed by atoms with Gasteiger partial charge in [0.1, 0.15) is 0 Å². The largest absolute Gasteiger partial charge is 0.330 e. The van der Waals surface area contributed by atoms with Crippen molar-refractivity contribution in [2.24, 2.45) is 17.1 Å². The number of aryl methyl sites for hydroxylation is 1. The van der Waals surface area contributed by atoms with Crippen LogP contribution in [-0.4, -0.2) is 6.54 Å². The summed E-state index contributed by atoms with van der Waals surface area (Å²) in [4.78, 5) is 0. The van der Waals surface area contributed by atoms with E-state index < -0.39 is 0 Å². The minimum Gasteiger partial charge on any atom is -0.330 e. The molecule has 94 valence electrons. The van der Waals surface area contributed by atoms with Gasteiger partial charge in [-0.1, -0.05) is 43.7 Å². The number of benzene rings is 1. The molecule has 0 saturated heterocycles. The van der Waals surface area contributed by atoms with Crippen LogP contribution in [-0.2, 0) is 6.42 Å². The lowest BCUT2D eigenvalue weighted by Crippen LogP contribution is -2.27. The monoisotopic (exact) mass is 231 g/mol. The molecule has 1 saturated carbocycles. The van der Waals surface area contributed by atoms with E-state index in [1.54, 1.807) is 0 Å². The second kappa shape index (κ2) is 5.68. The molecule has 1 aliphatic rings. The fraction of sp³-hybridized carbons (Fsp3) is 0.625. The van der Waals surface area contributed by atoms with Gasteiger partial charge in [0.25, 0.3) is 0 Å². The highest BCUT2D eigenvalue weighted by molar-refractivity contribution is 5.14. The molecule has 0 amide bonds. The van der Waals surface area contributed by atoms with Crippen molar-refractivity contribution in [3.8, 4) is 0 Å². The number of rotatable bonds is 5. The van der Waals surface area contributed by atoms with Crippen LogP contribution in [0.3, 0.4) is 0 Å². The Morgan fingerprint density at radius 1 is 1.29 bits per heavy atom. The summed E-state index contributed by atoms with van der Waals surface area (Å²) in [6.07, 6.45) is 7.87. The van der Waals surface area contributed by atoms with Crippen molar-refractivity contribution in [3.63, 3.8) is 0 Å². The summed E-state index contributed by atoms with van der Waals surface area (Å²) in [5.41, 5.74) is 7.94. The zero-order valence-electron chi connectivity index (χ0n) is 11.0.